The summed E-state index contributed by atoms with van der Waals surface area (Å²) in [6, 6.07) is 9.87. The van der Waals surface area contributed by atoms with Crippen LogP contribution in [0, 0.1) is 11.8 Å². The molecule has 7 nitrogen and oxygen atoms in total. The number of benzene rings is 2. The summed E-state index contributed by atoms with van der Waals surface area (Å²) in [7, 11) is 0. The van der Waals surface area contributed by atoms with Gasteiger partial charge in [0.1, 0.15) is 17.0 Å². The van der Waals surface area contributed by atoms with Crippen LogP contribution in [0.2, 0.25) is 0 Å². The SMILES string of the molecule is CC1(C(=O)O)NC(c2cccc(Oc3cccc(C(F)(F)F)c3)c2)C2C(=O)N(C3CCCCC3)C(=O)C21. The number of amides is 2. The third-order valence-electron chi connectivity index (χ3n) is 7.82. The summed E-state index contributed by atoms with van der Waals surface area (Å²) < 4.78 is 45.0. The highest BCUT2D eigenvalue weighted by atomic mass is 19.4. The van der Waals surface area contributed by atoms with Crippen LogP contribution in [0.15, 0.2) is 48.5 Å². The highest BCUT2D eigenvalue weighted by molar-refractivity contribution is 6.09. The number of nitrogens with zero attached hydrogens (tertiary/aromatic N) is 1. The molecular weight excluding hydrogens is 489 g/mol. The number of ether oxygens (including phenoxy) is 1. The summed E-state index contributed by atoms with van der Waals surface area (Å²) in [5, 5.41) is 13.1. The van der Waals surface area contributed by atoms with Gasteiger partial charge in [-0.25, -0.2) is 0 Å². The summed E-state index contributed by atoms with van der Waals surface area (Å²) in [6.45, 7) is 1.42. The number of aliphatic carboxylic acids is 1. The Morgan fingerprint density at radius 1 is 1.03 bits per heavy atom. The van der Waals surface area contributed by atoms with Crippen LogP contribution in [-0.2, 0) is 20.6 Å². The van der Waals surface area contributed by atoms with Crippen LogP contribution >= 0.6 is 0 Å². The minimum absolute atomic E-state index is 0.0183. The molecule has 3 fully saturated rings. The smallest absolute Gasteiger partial charge is 0.416 e. The maximum Gasteiger partial charge on any atom is 0.416 e. The zero-order valence-electron chi connectivity index (χ0n) is 20.1. The number of imide groups is 1. The molecule has 3 aliphatic rings. The first-order chi connectivity index (χ1) is 17.5. The lowest BCUT2D eigenvalue weighted by Crippen LogP contribution is -2.54. The van der Waals surface area contributed by atoms with Crippen molar-refractivity contribution in [2.75, 3.05) is 0 Å². The Kier molecular flexibility index (Phi) is 6.26. The summed E-state index contributed by atoms with van der Waals surface area (Å²) in [5.74, 6) is -3.85. The Labute approximate surface area is 211 Å². The van der Waals surface area contributed by atoms with Crippen molar-refractivity contribution >= 4 is 17.8 Å². The van der Waals surface area contributed by atoms with Crippen molar-refractivity contribution in [1.29, 1.82) is 0 Å². The molecule has 2 saturated heterocycles. The standard InChI is InChI=1S/C27H27F3N2O5/c1-26(25(35)36)21-20(23(33)32(24(21)34)17-9-3-2-4-10-17)22(31-26)15-7-5-11-18(13-15)37-19-12-6-8-16(14-19)27(28,29)30/h5-8,11-14,17,20-22,31H,2-4,9-10H2,1H3,(H,35,36). The predicted octanol–water partition coefficient (Wildman–Crippen LogP) is 4.92. The van der Waals surface area contributed by atoms with E-state index in [0.29, 0.717) is 18.4 Å². The zero-order chi connectivity index (χ0) is 26.5. The Balaban J connectivity index is 1.47. The van der Waals surface area contributed by atoms with E-state index in [-0.39, 0.29) is 23.4 Å². The largest absolute Gasteiger partial charge is 0.480 e. The van der Waals surface area contributed by atoms with E-state index >= 15 is 0 Å². The molecule has 0 radical (unpaired) electrons. The van der Waals surface area contributed by atoms with Gasteiger partial charge in [0.05, 0.1) is 17.4 Å². The van der Waals surface area contributed by atoms with Gasteiger partial charge in [-0.05, 0) is 55.7 Å². The first-order valence-corrected chi connectivity index (χ1v) is 12.3. The molecule has 2 aromatic carbocycles. The molecule has 1 aliphatic carbocycles. The fourth-order valence-electron chi connectivity index (χ4n) is 5.99. The lowest BCUT2D eigenvalue weighted by atomic mass is 9.80. The Hall–Kier alpha value is -3.40. The molecule has 0 bridgehead atoms. The number of carbonyl (C=O) groups is 3. The fraction of sp³-hybridized carbons (Fsp3) is 0.444. The number of halogens is 3. The molecule has 2 aromatic rings. The van der Waals surface area contributed by atoms with E-state index in [2.05, 4.69) is 5.32 Å². The maximum absolute atomic E-state index is 13.6. The molecular formula is C27H27F3N2O5. The van der Waals surface area contributed by atoms with Gasteiger partial charge in [-0.2, -0.15) is 13.2 Å². The van der Waals surface area contributed by atoms with Crippen LogP contribution < -0.4 is 10.1 Å². The van der Waals surface area contributed by atoms with Gasteiger partial charge in [-0.1, -0.05) is 37.5 Å². The van der Waals surface area contributed by atoms with Crippen molar-refractivity contribution < 1.29 is 37.4 Å². The van der Waals surface area contributed by atoms with Crippen molar-refractivity contribution in [1.82, 2.24) is 10.2 Å². The molecule has 0 spiro atoms. The van der Waals surface area contributed by atoms with Crippen molar-refractivity contribution in [3.63, 3.8) is 0 Å². The van der Waals surface area contributed by atoms with Crippen molar-refractivity contribution in [3.8, 4) is 11.5 Å². The second kappa shape index (κ2) is 9.16. The number of carboxylic acid groups (broad SMARTS) is 1. The molecule has 2 heterocycles. The molecule has 4 atom stereocenters. The molecule has 4 unspecified atom stereocenters. The van der Waals surface area contributed by atoms with E-state index in [0.717, 1.165) is 31.4 Å². The molecule has 2 aliphatic heterocycles. The maximum atomic E-state index is 13.6. The highest BCUT2D eigenvalue weighted by Gasteiger charge is 2.67. The first-order valence-electron chi connectivity index (χ1n) is 12.3. The lowest BCUT2D eigenvalue weighted by molar-refractivity contribution is -0.151. The van der Waals surface area contributed by atoms with Gasteiger partial charge < -0.3 is 9.84 Å². The van der Waals surface area contributed by atoms with E-state index in [1.807, 2.05) is 0 Å². The van der Waals surface area contributed by atoms with Crippen LogP contribution in [0.1, 0.15) is 56.2 Å². The second-order valence-corrected chi connectivity index (χ2v) is 10.2. The number of likely N-dealkylation sites (tertiary alicyclic amines) is 1. The molecule has 10 heteroatoms. The number of nitrogens with one attached hydrogen (secondary N) is 1. The third-order valence-corrected chi connectivity index (χ3v) is 7.82. The minimum atomic E-state index is -4.52. The number of carboxylic acids is 1. The molecule has 196 valence electrons. The molecule has 1 saturated carbocycles. The third kappa shape index (κ3) is 4.37. The molecule has 0 aromatic heterocycles. The number of hydrogen-bond donors (Lipinski definition) is 2. The average molecular weight is 517 g/mol. The van der Waals surface area contributed by atoms with Crippen LogP contribution in [0.3, 0.4) is 0 Å². The van der Waals surface area contributed by atoms with E-state index in [9.17, 15) is 32.7 Å². The van der Waals surface area contributed by atoms with Crippen LogP contribution in [0.25, 0.3) is 0 Å². The van der Waals surface area contributed by atoms with E-state index in [1.165, 1.54) is 24.0 Å². The van der Waals surface area contributed by atoms with E-state index in [1.54, 1.807) is 24.3 Å². The summed E-state index contributed by atoms with van der Waals surface area (Å²) >= 11 is 0. The van der Waals surface area contributed by atoms with Gasteiger partial charge in [0.25, 0.3) is 0 Å². The molecule has 2 N–H and O–H groups in total. The number of carbonyl (C=O) groups excluding carboxylic acids is 2. The van der Waals surface area contributed by atoms with Gasteiger partial charge in [-0.3, -0.25) is 24.6 Å². The van der Waals surface area contributed by atoms with Crippen LogP contribution in [0.4, 0.5) is 13.2 Å². The average Bonchev–Trinajstić information content (AvgIpc) is 3.33. The van der Waals surface area contributed by atoms with E-state index in [4.69, 9.17) is 4.74 Å². The zero-order valence-corrected chi connectivity index (χ0v) is 20.1. The number of fused-ring (bicyclic) bond motifs is 1. The van der Waals surface area contributed by atoms with Crippen molar-refractivity contribution in [3.05, 3.63) is 59.7 Å². The quantitative estimate of drug-likeness (QED) is 0.548. The molecule has 37 heavy (non-hydrogen) atoms. The van der Waals surface area contributed by atoms with Crippen LogP contribution in [0.5, 0.6) is 11.5 Å². The normalized spacial score (nSPS) is 28.4. The minimum Gasteiger partial charge on any atom is -0.480 e. The topological polar surface area (TPSA) is 95.9 Å². The summed E-state index contributed by atoms with van der Waals surface area (Å²) in [6.07, 6.45) is -0.258. The molecule has 2 amide bonds. The van der Waals surface area contributed by atoms with Crippen molar-refractivity contribution in [2.24, 2.45) is 11.8 Å². The Morgan fingerprint density at radius 2 is 1.68 bits per heavy atom. The molecule has 5 rings (SSSR count). The number of rotatable bonds is 5. The van der Waals surface area contributed by atoms with Crippen molar-refractivity contribution in [2.45, 2.75) is 62.8 Å². The van der Waals surface area contributed by atoms with Crippen LogP contribution in [-0.4, -0.2) is 39.4 Å². The number of hydrogen-bond acceptors (Lipinski definition) is 5. The second-order valence-electron chi connectivity index (χ2n) is 10.2. The fourth-order valence-corrected chi connectivity index (χ4v) is 5.99. The Bertz CT molecular complexity index is 1240. The monoisotopic (exact) mass is 516 g/mol. The van der Waals surface area contributed by atoms with Gasteiger partial charge in [-0.15, -0.1) is 0 Å². The Morgan fingerprint density at radius 3 is 2.32 bits per heavy atom. The lowest BCUT2D eigenvalue weighted by Gasteiger charge is -2.33. The van der Waals surface area contributed by atoms with Gasteiger partial charge in [0, 0.05) is 12.1 Å². The van der Waals surface area contributed by atoms with E-state index < -0.39 is 47.0 Å². The number of alkyl halides is 3. The van der Waals surface area contributed by atoms with Gasteiger partial charge in [0.2, 0.25) is 11.8 Å². The summed E-state index contributed by atoms with van der Waals surface area (Å²) in [5.41, 5.74) is -2.00. The highest BCUT2D eigenvalue weighted by Crippen LogP contribution is 2.50. The summed E-state index contributed by atoms with van der Waals surface area (Å²) in [4.78, 5) is 40.8. The van der Waals surface area contributed by atoms with Gasteiger partial charge in [0.15, 0.2) is 0 Å². The predicted molar refractivity (Wildman–Crippen MR) is 126 cm³/mol. The van der Waals surface area contributed by atoms with Gasteiger partial charge >= 0.3 is 12.1 Å². The first kappa shape index (κ1) is 25.3.